The molecule has 0 fully saturated rings. The number of nitrogens with one attached hydrogen (secondary N) is 1. The molecule has 0 aliphatic rings. The minimum atomic E-state index is -0.246. The molecular weight excluding hydrogens is 362 g/mol. The summed E-state index contributed by atoms with van der Waals surface area (Å²) < 4.78 is 1.65. The summed E-state index contributed by atoms with van der Waals surface area (Å²) in [6, 6.07) is 9.01. The number of hydrogen-bond acceptors (Lipinski definition) is 6. The van der Waals surface area contributed by atoms with E-state index in [1.54, 1.807) is 29.0 Å². The largest absolute Gasteiger partial charge is 0.294 e. The second-order valence-corrected chi connectivity index (χ2v) is 7.52. The molecule has 3 aromatic rings. The first-order chi connectivity index (χ1) is 12.9. The average molecular weight is 383 g/mol. The van der Waals surface area contributed by atoms with E-state index in [0.29, 0.717) is 22.6 Å². The highest BCUT2D eigenvalue weighted by Crippen LogP contribution is 2.19. The molecule has 0 aliphatic heterocycles. The minimum absolute atomic E-state index is 0.0841. The van der Waals surface area contributed by atoms with Crippen LogP contribution in [0.5, 0.6) is 0 Å². The van der Waals surface area contributed by atoms with Gasteiger partial charge in [-0.05, 0) is 31.0 Å². The molecule has 27 heavy (non-hydrogen) atoms. The van der Waals surface area contributed by atoms with E-state index < -0.39 is 0 Å². The van der Waals surface area contributed by atoms with Crippen LogP contribution in [-0.4, -0.2) is 31.2 Å². The first-order valence-corrected chi connectivity index (χ1v) is 9.64. The number of fused-ring (bicyclic) bond motifs is 1. The van der Waals surface area contributed by atoms with Gasteiger partial charge < -0.3 is 0 Å². The van der Waals surface area contributed by atoms with Gasteiger partial charge in [-0.3, -0.25) is 19.5 Å². The van der Waals surface area contributed by atoms with Crippen molar-refractivity contribution in [3.63, 3.8) is 0 Å². The predicted molar refractivity (Wildman–Crippen MR) is 107 cm³/mol. The predicted octanol–water partition coefficient (Wildman–Crippen LogP) is 2.88. The van der Waals surface area contributed by atoms with Crippen molar-refractivity contribution in [3.05, 3.63) is 52.6 Å². The summed E-state index contributed by atoms with van der Waals surface area (Å²) in [4.78, 5) is 37.9. The Morgan fingerprint density at radius 2 is 2.00 bits per heavy atom. The fraction of sp³-hybridized carbons (Fsp3) is 0.316. The molecule has 140 valence electrons. The van der Waals surface area contributed by atoms with Gasteiger partial charge >= 0.3 is 0 Å². The zero-order valence-electron chi connectivity index (χ0n) is 15.5. The zero-order valence-corrected chi connectivity index (χ0v) is 16.3. The van der Waals surface area contributed by atoms with Crippen LogP contribution in [0.2, 0.25) is 0 Å². The van der Waals surface area contributed by atoms with E-state index in [4.69, 9.17) is 0 Å². The maximum absolute atomic E-state index is 12.8. The van der Waals surface area contributed by atoms with Crippen LogP contribution < -0.4 is 10.9 Å². The van der Waals surface area contributed by atoms with Gasteiger partial charge in [-0.2, -0.15) is 0 Å². The monoisotopic (exact) mass is 383 g/mol. The van der Waals surface area contributed by atoms with Gasteiger partial charge in [0, 0.05) is 18.4 Å². The smallest absolute Gasteiger partial charge is 0.262 e. The third-order valence-electron chi connectivity index (χ3n) is 3.75. The van der Waals surface area contributed by atoms with Gasteiger partial charge in [-0.15, -0.1) is 0 Å². The molecule has 0 unspecified atom stereocenters. The molecule has 8 heteroatoms. The molecule has 2 aromatic heterocycles. The highest BCUT2D eigenvalue weighted by molar-refractivity contribution is 7.99. The third-order valence-corrected chi connectivity index (χ3v) is 4.73. The number of nitrogens with zero attached hydrogens (tertiary/aromatic N) is 4. The van der Waals surface area contributed by atoms with Crippen molar-refractivity contribution in [1.29, 1.82) is 0 Å². The maximum Gasteiger partial charge on any atom is 0.262 e. The van der Waals surface area contributed by atoms with Crippen LogP contribution in [0.3, 0.4) is 0 Å². The van der Waals surface area contributed by atoms with Crippen molar-refractivity contribution in [2.75, 3.05) is 11.1 Å². The number of carbonyl (C=O) groups excluding carboxylic acids is 1. The van der Waals surface area contributed by atoms with Crippen molar-refractivity contribution >= 4 is 34.5 Å². The molecule has 0 radical (unpaired) electrons. The van der Waals surface area contributed by atoms with Crippen LogP contribution in [0.4, 0.5) is 5.95 Å². The van der Waals surface area contributed by atoms with Gasteiger partial charge in [0.25, 0.3) is 5.56 Å². The molecule has 7 nitrogen and oxygen atoms in total. The number of aryl methyl sites for hydroxylation is 1. The Morgan fingerprint density at radius 3 is 2.74 bits per heavy atom. The summed E-state index contributed by atoms with van der Waals surface area (Å²) in [6.07, 6.45) is 1.59. The Kier molecular flexibility index (Phi) is 5.85. The van der Waals surface area contributed by atoms with E-state index in [-0.39, 0.29) is 29.1 Å². The summed E-state index contributed by atoms with van der Waals surface area (Å²) in [5.41, 5.74) is 1.32. The third kappa shape index (κ3) is 4.71. The molecule has 3 rings (SSSR count). The Morgan fingerprint density at radius 1 is 1.22 bits per heavy atom. The number of hydrogen-bond donors (Lipinski definition) is 1. The summed E-state index contributed by atoms with van der Waals surface area (Å²) in [7, 11) is 0. The second-order valence-electron chi connectivity index (χ2n) is 6.58. The minimum Gasteiger partial charge on any atom is -0.294 e. The molecule has 0 saturated heterocycles. The van der Waals surface area contributed by atoms with Crippen molar-refractivity contribution in [2.45, 2.75) is 32.5 Å². The van der Waals surface area contributed by atoms with Crippen LogP contribution in [0.15, 0.2) is 46.5 Å². The molecular formula is C19H21N5O2S. The van der Waals surface area contributed by atoms with Crippen LogP contribution in [0, 0.1) is 12.8 Å². The van der Waals surface area contributed by atoms with Crippen LogP contribution in [0.1, 0.15) is 19.5 Å². The van der Waals surface area contributed by atoms with Gasteiger partial charge in [0.2, 0.25) is 11.9 Å². The van der Waals surface area contributed by atoms with E-state index in [1.165, 1.54) is 11.8 Å². The van der Waals surface area contributed by atoms with Gasteiger partial charge in [-0.25, -0.2) is 15.0 Å². The zero-order chi connectivity index (χ0) is 19.4. The van der Waals surface area contributed by atoms with E-state index in [0.717, 1.165) is 5.69 Å². The SMILES string of the molecule is Cc1ccnc(NC(=O)CSc2nc3ccccc3c(=O)n2CC(C)C)n1. The molecule has 0 aliphatic carbocycles. The van der Waals surface area contributed by atoms with Gasteiger partial charge in [0.15, 0.2) is 5.16 Å². The summed E-state index contributed by atoms with van der Waals surface area (Å²) >= 11 is 1.23. The number of rotatable bonds is 6. The molecule has 1 amide bonds. The molecule has 1 N–H and O–H groups in total. The number of carbonyl (C=O) groups is 1. The lowest BCUT2D eigenvalue weighted by Crippen LogP contribution is -2.26. The first kappa shape index (κ1) is 19.0. The van der Waals surface area contributed by atoms with E-state index >= 15 is 0 Å². The van der Waals surface area contributed by atoms with E-state index in [2.05, 4.69) is 20.3 Å². The maximum atomic E-state index is 12.8. The van der Waals surface area contributed by atoms with Crippen molar-refractivity contribution in [3.8, 4) is 0 Å². The summed E-state index contributed by atoms with van der Waals surface area (Å²) in [5.74, 6) is 0.412. The highest BCUT2D eigenvalue weighted by atomic mass is 32.2. The number of para-hydroxylation sites is 1. The Labute approximate surface area is 161 Å². The molecule has 1 aromatic carbocycles. The second kappa shape index (κ2) is 8.30. The van der Waals surface area contributed by atoms with Crippen molar-refractivity contribution in [1.82, 2.24) is 19.5 Å². The number of amides is 1. The van der Waals surface area contributed by atoms with Gasteiger partial charge in [0.1, 0.15) is 0 Å². The van der Waals surface area contributed by atoms with Crippen molar-refractivity contribution < 1.29 is 4.79 Å². The van der Waals surface area contributed by atoms with Gasteiger partial charge in [-0.1, -0.05) is 37.7 Å². The normalized spacial score (nSPS) is 11.1. The molecule has 0 bridgehead atoms. The Hall–Kier alpha value is -2.74. The Bertz CT molecular complexity index is 1030. The van der Waals surface area contributed by atoms with Crippen LogP contribution in [0.25, 0.3) is 10.9 Å². The quantitative estimate of drug-likeness (QED) is 0.520. The lowest BCUT2D eigenvalue weighted by molar-refractivity contribution is -0.113. The summed E-state index contributed by atoms with van der Waals surface area (Å²) in [6.45, 7) is 6.45. The molecule has 0 spiro atoms. The van der Waals surface area contributed by atoms with Gasteiger partial charge in [0.05, 0.1) is 16.7 Å². The number of aromatic nitrogens is 4. The summed E-state index contributed by atoms with van der Waals surface area (Å²) in [5, 5.41) is 3.79. The topological polar surface area (TPSA) is 89.8 Å². The van der Waals surface area contributed by atoms with Crippen LogP contribution in [-0.2, 0) is 11.3 Å². The van der Waals surface area contributed by atoms with Crippen LogP contribution >= 0.6 is 11.8 Å². The molecule has 2 heterocycles. The van der Waals surface area contributed by atoms with E-state index in [9.17, 15) is 9.59 Å². The number of anilines is 1. The molecule has 0 saturated carbocycles. The first-order valence-electron chi connectivity index (χ1n) is 8.66. The Balaban J connectivity index is 1.82. The number of thioether (sulfide) groups is 1. The fourth-order valence-electron chi connectivity index (χ4n) is 2.58. The molecule has 0 atom stereocenters. The fourth-order valence-corrected chi connectivity index (χ4v) is 3.39. The number of benzene rings is 1. The van der Waals surface area contributed by atoms with E-state index in [1.807, 2.05) is 32.9 Å². The average Bonchev–Trinajstić information content (AvgIpc) is 2.62. The standard InChI is InChI=1S/C19H21N5O2S/c1-12(2)10-24-17(26)14-6-4-5-7-15(14)22-19(24)27-11-16(25)23-18-20-9-8-13(3)21-18/h4-9,12H,10-11H2,1-3H3,(H,20,21,23,25). The van der Waals surface area contributed by atoms with Crippen molar-refractivity contribution in [2.24, 2.45) is 5.92 Å². The lowest BCUT2D eigenvalue weighted by atomic mass is 10.2. The highest BCUT2D eigenvalue weighted by Gasteiger charge is 2.14. The lowest BCUT2D eigenvalue weighted by Gasteiger charge is -2.14.